The van der Waals surface area contributed by atoms with Crippen LogP contribution < -0.4 is 5.32 Å². The maximum absolute atomic E-state index is 10.9. The van der Waals surface area contributed by atoms with Crippen molar-refractivity contribution >= 4 is 11.4 Å². The van der Waals surface area contributed by atoms with Gasteiger partial charge in [0.05, 0.1) is 16.6 Å². The van der Waals surface area contributed by atoms with Gasteiger partial charge in [-0.1, -0.05) is 0 Å². The first-order chi connectivity index (χ1) is 8.45. The number of hydrogen-bond acceptors (Lipinski definition) is 5. The van der Waals surface area contributed by atoms with Crippen LogP contribution in [-0.2, 0) is 0 Å². The van der Waals surface area contributed by atoms with E-state index in [9.17, 15) is 15.2 Å². The summed E-state index contributed by atoms with van der Waals surface area (Å²) in [6.45, 7) is 3.43. The van der Waals surface area contributed by atoms with E-state index in [1.165, 1.54) is 19.1 Å². The van der Waals surface area contributed by atoms with Crippen LogP contribution in [0.15, 0.2) is 18.2 Å². The Bertz CT molecular complexity index is 421. The third-order valence-corrected chi connectivity index (χ3v) is 2.65. The molecule has 0 saturated carbocycles. The van der Waals surface area contributed by atoms with Gasteiger partial charge in [0.1, 0.15) is 0 Å². The number of hydrogen-bond donors (Lipinski definition) is 3. The van der Waals surface area contributed by atoms with Crippen LogP contribution in [0.5, 0.6) is 0 Å². The monoisotopic (exact) mass is 254 g/mol. The second-order valence-corrected chi connectivity index (χ2v) is 4.26. The van der Waals surface area contributed by atoms with E-state index in [1.54, 1.807) is 6.07 Å². The maximum atomic E-state index is 10.9. The number of nitro benzene ring substituents is 1. The normalized spacial score (nSPS) is 14.0. The van der Waals surface area contributed by atoms with E-state index in [-0.39, 0.29) is 18.3 Å². The molecule has 0 amide bonds. The predicted octanol–water partition coefficient (Wildman–Crippen LogP) is 1.83. The number of anilines is 1. The molecule has 0 aliphatic heterocycles. The van der Waals surface area contributed by atoms with E-state index in [1.807, 2.05) is 6.92 Å². The highest BCUT2D eigenvalue weighted by molar-refractivity contribution is 5.56. The molecule has 6 heteroatoms. The van der Waals surface area contributed by atoms with Crippen molar-refractivity contribution in [2.45, 2.75) is 32.4 Å². The number of aliphatic hydroxyl groups is 2. The molecule has 0 bridgehead atoms. The average Bonchev–Trinajstić information content (AvgIpc) is 2.28. The van der Waals surface area contributed by atoms with E-state index < -0.39 is 11.0 Å². The van der Waals surface area contributed by atoms with Crippen molar-refractivity contribution in [3.05, 3.63) is 33.9 Å². The summed E-state index contributed by atoms with van der Waals surface area (Å²) in [6, 6.07) is 4.64. The first-order valence-electron chi connectivity index (χ1n) is 5.79. The zero-order valence-corrected chi connectivity index (χ0v) is 10.5. The molecule has 0 radical (unpaired) electrons. The number of benzene rings is 1. The van der Waals surface area contributed by atoms with Crippen molar-refractivity contribution < 1.29 is 15.1 Å². The van der Waals surface area contributed by atoms with Gasteiger partial charge in [0, 0.05) is 24.4 Å². The van der Waals surface area contributed by atoms with Gasteiger partial charge in [-0.25, -0.2) is 0 Å². The molecule has 0 heterocycles. The fourth-order valence-electron chi connectivity index (χ4n) is 1.70. The Hall–Kier alpha value is -1.66. The first-order valence-corrected chi connectivity index (χ1v) is 5.79. The molecule has 100 valence electrons. The van der Waals surface area contributed by atoms with Crippen LogP contribution >= 0.6 is 0 Å². The van der Waals surface area contributed by atoms with E-state index in [0.717, 1.165) is 0 Å². The lowest BCUT2D eigenvalue weighted by atomic mass is 10.1. The van der Waals surface area contributed by atoms with Gasteiger partial charge in [0.15, 0.2) is 0 Å². The summed E-state index contributed by atoms with van der Waals surface area (Å²) < 4.78 is 0. The minimum Gasteiger partial charge on any atom is -0.396 e. The van der Waals surface area contributed by atoms with Gasteiger partial charge in [-0.15, -0.1) is 0 Å². The fraction of sp³-hybridized carbons (Fsp3) is 0.500. The Morgan fingerprint density at radius 1 is 1.44 bits per heavy atom. The quantitative estimate of drug-likeness (QED) is 0.531. The lowest BCUT2D eigenvalue weighted by Gasteiger charge is -2.15. The number of nitro groups is 1. The van der Waals surface area contributed by atoms with E-state index in [0.29, 0.717) is 17.7 Å². The zero-order chi connectivity index (χ0) is 13.7. The molecule has 0 fully saturated rings. The smallest absolute Gasteiger partial charge is 0.277 e. The third kappa shape index (κ3) is 3.68. The van der Waals surface area contributed by atoms with Gasteiger partial charge in [-0.05, 0) is 32.4 Å². The summed E-state index contributed by atoms with van der Waals surface area (Å²) in [4.78, 5) is 10.4. The zero-order valence-electron chi connectivity index (χ0n) is 10.5. The second kappa shape index (κ2) is 6.32. The van der Waals surface area contributed by atoms with Gasteiger partial charge in [0.2, 0.25) is 0 Å². The molecule has 0 aliphatic rings. The van der Waals surface area contributed by atoms with Crippen molar-refractivity contribution in [3.8, 4) is 0 Å². The highest BCUT2D eigenvalue weighted by Crippen LogP contribution is 2.28. The predicted molar refractivity (Wildman–Crippen MR) is 68.5 cm³/mol. The molecule has 3 N–H and O–H groups in total. The molecule has 2 unspecified atom stereocenters. The molecule has 0 saturated heterocycles. The van der Waals surface area contributed by atoms with Crippen molar-refractivity contribution in [1.82, 2.24) is 0 Å². The standard InChI is InChI=1S/C12H18N2O4/c1-8(5-6-15)13-10-3-4-11(9(2)16)12(7-10)14(17)18/h3-4,7-9,13,15-16H,5-6H2,1-2H3. The molecular formula is C12H18N2O4. The highest BCUT2D eigenvalue weighted by Gasteiger charge is 2.18. The minimum absolute atomic E-state index is 0.0204. The molecule has 1 aromatic carbocycles. The Balaban J connectivity index is 2.96. The molecule has 0 aromatic heterocycles. The summed E-state index contributed by atoms with van der Waals surface area (Å²) in [7, 11) is 0. The maximum Gasteiger partial charge on any atom is 0.277 e. The van der Waals surface area contributed by atoms with Crippen LogP contribution in [0, 0.1) is 10.1 Å². The van der Waals surface area contributed by atoms with E-state index in [2.05, 4.69) is 5.32 Å². The number of rotatable bonds is 6. The van der Waals surface area contributed by atoms with Gasteiger partial charge in [-0.3, -0.25) is 10.1 Å². The van der Waals surface area contributed by atoms with Gasteiger partial charge >= 0.3 is 0 Å². The summed E-state index contributed by atoms with van der Waals surface area (Å²) in [5.74, 6) is 0. The lowest BCUT2D eigenvalue weighted by Crippen LogP contribution is -2.16. The third-order valence-electron chi connectivity index (χ3n) is 2.65. The van der Waals surface area contributed by atoms with Crippen molar-refractivity contribution in [2.75, 3.05) is 11.9 Å². The largest absolute Gasteiger partial charge is 0.396 e. The molecule has 18 heavy (non-hydrogen) atoms. The van der Waals surface area contributed by atoms with Gasteiger partial charge in [0.25, 0.3) is 5.69 Å². The molecule has 1 aromatic rings. The minimum atomic E-state index is -0.880. The summed E-state index contributed by atoms with van der Waals surface area (Å²) in [6.07, 6.45) is -0.319. The van der Waals surface area contributed by atoms with Crippen LogP contribution in [0.1, 0.15) is 31.9 Å². The Morgan fingerprint density at radius 2 is 2.11 bits per heavy atom. The SMILES string of the molecule is CC(CCO)Nc1ccc(C(C)O)c([N+](=O)[O-])c1. The number of aliphatic hydroxyl groups excluding tert-OH is 2. The Morgan fingerprint density at radius 3 is 2.61 bits per heavy atom. The van der Waals surface area contributed by atoms with Gasteiger partial charge in [-0.2, -0.15) is 0 Å². The molecule has 2 atom stereocenters. The second-order valence-electron chi connectivity index (χ2n) is 4.26. The molecule has 0 spiro atoms. The fourth-order valence-corrected chi connectivity index (χ4v) is 1.70. The molecule has 6 nitrogen and oxygen atoms in total. The Labute approximate surface area is 105 Å². The number of nitrogens with zero attached hydrogens (tertiary/aromatic N) is 1. The Kier molecular flexibility index (Phi) is 5.06. The van der Waals surface area contributed by atoms with Crippen LogP contribution in [0.2, 0.25) is 0 Å². The summed E-state index contributed by atoms with van der Waals surface area (Å²) in [5, 5.41) is 32.2. The molecular weight excluding hydrogens is 236 g/mol. The van der Waals surface area contributed by atoms with Crippen molar-refractivity contribution in [2.24, 2.45) is 0 Å². The van der Waals surface area contributed by atoms with Crippen LogP contribution in [0.3, 0.4) is 0 Å². The average molecular weight is 254 g/mol. The van der Waals surface area contributed by atoms with E-state index in [4.69, 9.17) is 5.11 Å². The molecule has 0 aliphatic carbocycles. The van der Waals surface area contributed by atoms with E-state index >= 15 is 0 Å². The molecule has 1 rings (SSSR count). The van der Waals surface area contributed by atoms with Gasteiger partial charge < -0.3 is 15.5 Å². The van der Waals surface area contributed by atoms with Crippen molar-refractivity contribution in [3.63, 3.8) is 0 Å². The highest BCUT2D eigenvalue weighted by atomic mass is 16.6. The van der Waals surface area contributed by atoms with Crippen LogP contribution in [0.25, 0.3) is 0 Å². The summed E-state index contributed by atoms with van der Waals surface area (Å²) >= 11 is 0. The van der Waals surface area contributed by atoms with Crippen LogP contribution in [0.4, 0.5) is 11.4 Å². The number of nitrogens with one attached hydrogen (secondary N) is 1. The topological polar surface area (TPSA) is 95.6 Å². The van der Waals surface area contributed by atoms with Crippen molar-refractivity contribution in [1.29, 1.82) is 0 Å². The lowest BCUT2D eigenvalue weighted by molar-refractivity contribution is -0.386. The summed E-state index contributed by atoms with van der Waals surface area (Å²) in [5.41, 5.74) is 0.790. The van der Waals surface area contributed by atoms with Crippen LogP contribution in [-0.4, -0.2) is 27.8 Å². The first kappa shape index (κ1) is 14.4.